The van der Waals surface area contributed by atoms with Gasteiger partial charge in [0.25, 0.3) is 0 Å². The summed E-state index contributed by atoms with van der Waals surface area (Å²) in [5, 5.41) is 0. The predicted molar refractivity (Wildman–Crippen MR) is 135 cm³/mol. The molecule has 2 nitrogen and oxygen atoms in total. The van der Waals surface area contributed by atoms with Gasteiger partial charge in [-0.2, -0.15) is 0 Å². The Morgan fingerprint density at radius 2 is 1.28 bits per heavy atom. The zero-order chi connectivity index (χ0) is 21.0. The van der Waals surface area contributed by atoms with Gasteiger partial charge in [0.2, 0.25) is 0 Å². The molecule has 5 heteroatoms. The monoisotopic (exact) mass is 548 g/mol. The van der Waals surface area contributed by atoms with Crippen LogP contribution in [0.3, 0.4) is 0 Å². The number of thiophene rings is 1. The molecule has 1 aliphatic rings. The van der Waals surface area contributed by atoms with Crippen molar-refractivity contribution in [1.82, 2.24) is 0 Å². The van der Waals surface area contributed by atoms with Gasteiger partial charge in [-0.3, -0.25) is 0 Å². The Labute approximate surface area is 192 Å². The molecule has 0 amide bonds. The van der Waals surface area contributed by atoms with Gasteiger partial charge in [0.1, 0.15) is 0 Å². The molecule has 0 saturated heterocycles. The Balaban J connectivity index is 2.31. The summed E-state index contributed by atoms with van der Waals surface area (Å²) in [5.41, 5.74) is 0. The van der Waals surface area contributed by atoms with Crippen molar-refractivity contribution < 1.29 is 9.47 Å². The van der Waals surface area contributed by atoms with Crippen molar-refractivity contribution in [2.75, 3.05) is 19.0 Å². The standard InChI is InChI=1S/C12H17O2S2.3C4H9.Sn/c1-2-3-4-5-8-15-12-11-10(9-16-12)13-6-7-14-11;3*1-3-4-2;/h2-8H2,1H3;3*1,3-4H2,2H3;. The molecule has 0 fully saturated rings. The van der Waals surface area contributed by atoms with Crippen LogP contribution in [0.4, 0.5) is 0 Å². The summed E-state index contributed by atoms with van der Waals surface area (Å²) in [6, 6.07) is 0. The number of hydrogen-bond acceptors (Lipinski definition) is 4. The first-order valence-electron chi connectivity index (χ1n) is 12.3. The number of rotatable bonds is 16. The number of thioether (sulfide) groups is 1. The number of fused-ring (bicyclic) bond motifs is 1. The van der Waals surface area contributed by atoms with E-state index >= 15 is 0 Å². The Morgan fingerprint density at radius 1 is 0.724 bits per heavy atom. The number of hydrogen-bond donors (Lipinski definition) is 0. The SMILES string of the molecule is CCCCCCSc1s[c]([Sn]([CH2]CCC)([CH2]CCC)[CH2]CCC)c2c1OCCO2. The minimum atomic E-state index is -2.49. The second kappa shape index (κ2) is 14.5. The summed E-state index contributed by atoms with van der Waals surface area (Å²) in [6.45, 7) is 10.8. The van der Waals surface area contributed by atoms with Gasteiger partial charge in [-0.05, 0) is 0 Å². The van der Waals surface area contributed by atoms with Gasteiger partial charge in [0.05, 0.1) is 0 Å². The van der Waals surface area contributed by atoms with Crippen LogP contribution < -0.4 is 12.4 Å². The predicted octanol–water partition coefficient (Wildman–Crippen LogP) is 8.25. The van der Waals surface area contributed by atoms with E-state index in [4.69, 9.17) is 9.47 Å². The maximum atomic E-state index is 6.35. The van der Waals surface area contributed by atoms with Crippen LogP contribution in [0.1, 0.15) is 91.9 Å². The van der Waals surface area contributed by atoms with E-state index in [1.54, 1.807) is 2.89 Å². The third kappa shape index (κ3) is 7.52. The van der Waals surface area contributed by atoms with Crippen LogP contribution in [-0.4, -0.2) is 37.3 Å². The van der Waals surface area contributed by atoms with E-state index < -0.39 is 18.4 Å². The molecule has 0 radical (unpaired) electrons. The van der Waals surface area contributed by atoms with Crippen LogP contribution in [0, 0.1) is 0 Å². The summed E-state index contributed by atoms with van der Waals surface area (Å²) in [5.74, 6) is 3.55. The maximum absolute atomic E-state index is 6.35. The third-order valence-electron chi connectivity index (χ3n) is 6.11. The molecule has 0 aliphatic carbocycles. The molecule has 1 aromatic rings. The van der Waals surface area contributed by atoms with Gasteiger partial charge in [0.15, 0.2) is 0 Å². The molecule has 0 atom stereocenters. The first-order chi connectivity index (χ1) is 14.2. The fourth-order valence-electron chi connectivity index (χ4n) is 4.32. The van der Waals surface area contributed by atoms with Gasteiger partial charge in [-0.1, -0.05) is 0 Å². The van der Waals surface area contributed by atoms with E-state index in [1.807, 2.05) is 11.8 Å². The molecule has 2 heterocycles. The van der Waals surface area contributed by atoms with Crippen LogP contribution in [0.5, 0.6) is 11.5 Å². The zero-order valence-electron chi connectivity index (χ0n) is 19.4. The summed E-state index contributed by atoms with van der Waals surface area (Å²) < 4.78 is 20.2. The second-order valence-corrected chi connectivity index (χ2v) is 25.0. The molecule has 1 aromatic heterocycles. The second-order valence-electron chi connectivity index (χ2n) is 8.57. The van der Waals surface area contributed by atoms with Crippen molar-refractivity contribution in [3.63, 3.8) is 0 Å². The molecule has 0 aromatic carbocycles. The first-order valence-corrected chi connectivity index (χ1v) is 21.6. The van der Waals surface area contributed by atoms with Crippen molar-refractivity contribution in [3.8, 4) is 11.5 Å². The molecular formula is C24H44O2S2Sn. The molecule has 0 bridgehead atoms. The van der Waals surface area contributed by atoms with Crippen LogP contribution in [0.25, 0.3) is 0 Å². The summed E-state index contributed by atoms with van der Waals surface area (Å²) >= 11 is 1.66. The Hall–Kier alpha value is 0.449. The molecule has 2 rings (SSSR count). The average Bonchev–Trinajstić information content (AvgIpc) is 3.13. The fraction of sp³-hybridized carbons (Fsp3) is 0.833. The van der Waals surface area contributed by atoms with Gasteiger partial charge >= 0.3 is 194 Å². The van der Waals surface area contributed by atoms with Crippen molar-refractivity contribution in [2.45, 2.75) is 109 Å². The summed E-state index contributed by atoms with van der Waals surface area (Å²) in [6.07, 6.45) is 13.5. The zero-order valence-corrected chi connectivity index (χ0v) is 23.9. The van der Waals surface area contributed by atoms with Crippen LogP contribution in [0.2, 0.25) is 13.3 Å². The normalized spacial score (nSPS) is 13.8. The Morgan fingerprint density at radius 3 is 1.83 bits per heavy atom. The van der Waals surface area contributed by atoms with Crippen molar-refractivity contribution in [1.29, 1.82) is 0 Å². The molecule has 0 N–H and O–H groups in total. The first kappa shape index (κ1) is 25.7. The quantitative estimate of drug-likeness (QED) is 0.118. The van der Waals surface area contributed by atoms with E-state index in [9.17, 15) is 0 Å². The summed E-state index contributed by atoms with van der Waals surface area (Å²) in [4.78, 5) is 0. The van der Waals surface area contributed by atoms with E-state index in [-0.39, 0.29) is 0 Å². The topological polar surface area (TPSA) is 18.5 Å². The van der Waals surface area contributed by atoms with Gasteiger partial charge in [-0.15, -0.1) is 0 Å². The summed E-state index contributed by atoms with van der Waals surface area (Å²) in [7, 11) is 0. The number of ether oxygens (including phenoxy) is 2. The average molecular weight is 547 g/mol. The molecule has 0 spiro atoms. The molecule has 1 aliphatic heterocycles. The van der Waals surface area contributed by atoms with Crippen LogP contribution in [0.15, 0.2) is 4.21 Å². The van der Waals surface area contributed by atoms with Crippen molar-refractivity contribution in [2.24, 2.45) is 0 Å². The fourth-order valence-corrected chi connectivity index (χ4v) is 27.0. The van der Waals surface area contributed by atoms with E-state index in [2.05, 4.69) is 39.0 Å². The van der Waals surface area contributed by atoms with E-state index in [0.717, 1.165) is 12.4 Å². The van der Waals surface area contributed by atoms with Gasteiger partial charge in [0, 0.05) is 0 Å². The molecule has 168 valence electrons. The van der Waals surface area contributed by atoms with E-state index in [0.29, 0.717) is 6.61 Å². The van der Waals surface area contributed by atoms with Crippen molar-refractivity contribution in [3.05, 3.63) is 0 Å². The third-order valence-corrected chi connectivity index (χ3v) is 26.8. The van der Waals surface area contributed by atoms with Crippen LogP contribution in [-0.2, 0) is 0 Å². The van der Waals surface area contributed by atoms with Gasteiger partial charge in [-0.25, -0.2) is 0 Å². The number of unbranched alkanes of at least 4 members (excludes halogenated alkanes) is 6. The van der Waals surface area contributed by atoms with E-state index in [1.165, 1.54) is 93.2 Å². The Bertz CT molecular complexity index is 552. The Kier molecular flexibility index (Phi) is 12.9. The minimum absolute atomic E-state index is 0.716. The van der Waals surface area contributed by atoms with Crippen LogP contribution >= 0.6 is 23.1 Å². The molecular weight excluding hydrogens is 503 g/mol. The van der Waals surface area contributed by atoms with Gasteiger partial charge < -0.3 is 0 Å². The molecule has 0 saturated carbocycles. The molecule has 29 heavy (non-hydrogen) atoms. The van der Waals surface area contributed by atoms with Crippen molar-refractivity contribution >= 4 is 44.4 Å². The molecule has 0 unspecified atom stereocenters.